The molecule has 2 aromatic carbocycles. The summed E-state index contributed by atoms with van der Waals surface area (Å²) in [6.07, 6.45) is 1.38. The van der Waals surface area contributed by atoms with E-state index in [4.69, 9.17) is 0 Å². The molecule has 0 radical (unpaired) electrons. The van der Waals surface area contributed by atoms with Gasteiger partial charge >= 0.3 is 0 Å². The van der Waals surface area contributed by atoms with E-state index >= 15 is 0 Å². The largest absolute Gasteiger partial charge is 0.395 e. The van der Waals surface area contributed by atoms with E-state index in [1.54, 1.807) is 23.1 Å². The second-order valence-corrected chi connectivity index (χ2v) is 6.66. The molecule has 0 bridgehead atoms. The minimum absolute atomic E-state index is 0.0915. The van der Waals surface area contributed by atoms with Gasteiger partial charge in [-0.3, -0.25) is 9.59 Å². The lowest BCUT2D eigenvalue weighted by atomic mass is 10.1. The first kappa shape index (κ1) is 19.9. The number of amides is 2. The highest BCUT2D eigenvalue weighted by molar-refractivity contribution is 9.10. The summed E-state index contributed by atoms with van der Waals surface area (Å²) in [6, 6.07) is 14.8. The van der Waals surface area contributed by atoms with Crippen LogP contribution in [0.1, 0.15) is 11.1 Å². The third kappa shape index (κ3) is 6.13. The molecular weight excluding hydrogens is 396 g/mol. The van der Waals surface area contributed by atoms with E-state index in [0.717, 1.165) is 15.6 Å². The second-order valence-electron chi connectivity index (χ2n) is 5.74. The number of aliphatic hydroxyl groups is 1. The molecule has 2 amide bonds. The van der Waals surface area contributed by atoms with Crippen LogP contribution in [0.15, 0.2) is 65.7 Å². The van der Waals surface area contributed by atoms with Gasteiger partial charge in [-0.05, 0) is 41.5 Å². The SMILES string of the molecule is C=CC(=O)Nc1cccc(CC(=O)N(CCO)Cc2cccc(Br)c2)c1. The molecule has 0 saturated carbocycles. The third-order valence-corrected chi connectivity index (χ3v) is 4.21. The summed E-state index contributed by atoms with van der Waals surface area (Å²) in [6.45, 7) is 4.00. The smallest absolute Gasteiger partial charge is 0.247 e. The predicted molar refractivity (Wildman–Crippen MR) is 106 cm³/mol. The summed E-state index contributed by atoms with van der Waals surface area (Å²) in [4.78, 5) is 25.7. The van der Waals surface area contributed by atoms with Crippen LogP contribution >= 0.6 is 15.9 Å². The highest BCUT2D eigenvalue weighted by Crippen LogP contribution is 2.16. The summed E-state index contributed by atoms with van der Waals surface area (Å²) >= 11 is 3.42. The summed E-state index contributed by atoms with van der Waals surface area (Å²) in [5.41, 5.74) is 2.38. The molecule has 0 atom stereocenters. The van der Waals surface area contributed by atoms with Gasteiger partial charge < -0.3 is 15.3 Å². The Morgan fingerprint density at radius 2 is 1.88 bits per heavy atom. The molecule has 0 fully saturated rings. The van der Waals surface area contributed by atoms with Gasteiger partial charge in [-0.2, -0.15) is 0 Å². The highest BCUT2D eigenvalue weighted by Gasteiger charge is 2.15. The van der Waals surface area contributed by atoms with Crippen molar-refractivity contribution in [3.05, 3.63) is 76.8 Å². The normalized spacial score (nSPS) is 10.2. The zero-order chi connectivity index (χ0) is 18.9. The first-order chi connectivity index (χ1) is 12.5. The first-order valence-electron chi connectivity index (χ1n) is 8.17. The van der Waals surface area contributed by atoms with Crippen LogP contribution in [0.4, 0.5) is 5.69 Å². The van der Waals surface area contributed by atoms with E-state index in [2.05, 4.69) is 27.8 Å². The number of rotatable bonds is 8. The van der Waals surface area contributed by atoms with E-state index < -0.39 is 0 Å². The average Bonchev–Trinajstić information content (AvgIpc) is 2.61. The summed E-state index contributed by atoms with van der Waals surface area (Å²) in [5, 5.41) is 12.0. The molecule has 0 saturated heterocycles. The topological polar surface area (TPSA) is 69.6 Å². The van der Waals surface area contributed by atoms with Crippen LogP contribution in [-0.2, 0) is 22.6 Å². The van der Waals surface area contributed by atoms with Crippen molar-refractivity contribution >= 4 is 33.4 Å². The zero-order valence-corrected chi connectivity index (χ0v) is 15.9. The standard InChI is InChI=1S/C20H21BrN2O3/c1-2-19(25)22-18-8-4-5-15(12-18)13-20(26)23(9-10-24)14-16-6-3-7-17(21)11-16/h2-8,11-12,24H,1,9-10,13-14H2,(H,22,25). The number of nitrogens with one attached hydrogen (secondary N) is 1. The van der Waals surface area contributed by atoms with Crippen molar-refractivity contribution in [2.45, 2.75) is 13.0 Å². The molecule has 0 aliphatic heterocycles. The van der Waals surface area contributed by atoms with Gasteiger partial charge in [0, 0.05) is 23.2 Å². The molecule has 6 heteroatoms. The van der Waals surface area contributed by atoms with Crippen molar-refractivity contribution in [3.63, 3.8) is 0 Å². The van der Waals surface area contributed by atoms with Crippen molar-refractivity contribution in [1.29, 1.82) is 0 Å². The van der Waals surface area contributed by atoms with Gasteiger partial charge in [0.1, 0.15) is 0 Å². The quantitative estimate of drug-likeness (QED) is 0.649. The Balaban J connectivity index is 2.08. The third-order valence-electron chi connectivity index (χ3n) is 3.72. The predicted octanol–water partition coefficient (Wildman–Crippen LogP) is 3.14. The van der Waals surface area contributed by atoms with Gasteiger partial charge in [0.05, 0.1) is 13.0 Å². The average molecular weight is 417 g/mol. The number of hydrogen-bond acceptors (Lipinski definition) is 3. The Bertz CT molecular complexity index is 792. The fraction of sp³-hybridized carbons (Fsp3) is 0.200. The zero-order valence-electron chi connectivity index (χ0n) is 14.3. The number of carbonyl (C=O) groups excluding carboxylic acids is 2. The van der Waals surface area contributed by atoms with Gasteiger partial charge in [0.15, 0.2) is 0 Å². The van der Waals surface area contributed by atoms with E-state index in [-0.39, 0.29) is 31.4 Å². The molecule has 0 aromatic heterocycles. The molecule has 5 nitrogen and oxygen atoms in total. The van der Waals surface area contributed by atoms with Gasteiger partial charge in [-0.25, -0.2) is 0 Å². The fourth-order valence-electron chi connectivity index (χ4n) is 2.51. The molecule has 0 aliphatic carbocycles. The monoisotopic (exact) mass is 416 g/mol. The molecule has 0 aliphatic rings. The molecular formula is C20H21BrN2O3. The molecule has 136 valence electrons. The Labute approximate surface area is 161 Å². The Kier molecular flexibility index (Phi) is 7.56. The van der Waals surface area contributed by atoms with Crippen LogP contribution in [0.3, 0.4) is 0 Å². The molecule has 2 rings (SSSR count). The molecule has 0 unspecified atom stereocenters. The number of anilines is 1. The van der Waals surface area contributed by atoms with E-state index in [9.17, 15) is 14.7 Å². The minimum Gasteiger partial charge on any atom is -0.395 e. The summed E-state index contributed by atoms with van der Waals surface area (Å²) < 4.78 is 0.942. The van der Waals surface area contributed by atoms with Crippen molar-refractivity contribution in [2.24, 2.45) is 0 Å². The van der Waals surface area contributed by atoms with Gasteiger partial charge in [0.2, 0.25) is 11.8 Å². The highest BCUT2D eigenvalue weighted by atomic mass is 79.9. The molecule has 2 aromatic rings. The summed E-state index contributed by atoms with van der Waals surface area (Å²) in [5.74, 6) is -0.392. The lowest BCUT2D eigenvalue weighted by Gasteiger charge is -2.22. The fourth-order valence-corrected chi connectivity index (χ4v) is 2.95. The van der Waals surface area contributed by atoms with Crippen LogP contribution in [0, 0.1) is 0 Å². The molecule has 0 spiro atoms. The van der Waals surface area contributed by atoms with Crippen LogP contribution in [0.2, 0.25) is 0 Å². The Morgan fingerprint density at radius 1 is 1.15 bits per heavy atom. The lowest BCUT2D eigenvalue weighted by Crippen LogP contribution is -2.34. The van der Waals surface area contributed by atoms with Gasteiger partial charge in [-0.15, -0.1) is 0 Å². The number of halogens is 1. The second kappa shape index (κ2) is 9.89. The van der Waals surface area contributed by atoms with Crippen molar-refractivity contribution in [1.82, 2.24) is 4.90 Å². The van der Waals surface area contributed by atoms with Crippen molar-refractivity contribution < 1.29 is 14.7 Å². The number of aliphatic hydroxyl groups excluding tert-OH is 1. The molecule has 2 N–H and O–H groups in total. The van der Waals surface area contributed by atoms with Crippen LogP contribution < -0.4 is 5.32 Å². The first-order valence-corrected chi connectivity index (χ1v) is 8.96. The van der Waals surface area contributed by atoms with Crippen molar-refractivity contribution in [3.8, 4) is 0 Å². The number of nitrogens with zero attached hydrogens (tertiary/aromatic N) is 1. The number of benzene rings is 2. The number of hydrogen-bond donors (Lipinski definition) is 2. The maximum absolute atomic E-state index is 12.7. The molecule has 26 heavy (non-hydrogen) atoms. The maximum Gasteiger partial charge on any atom is 0.247 e. The molecule has 0 heterocycles. The van der Waals surface area contributed by atoms with Crippen LogP contribution in [0.5, 0.6) is 0 Å². The Morgan fingerprint density at radius 3 is 2.58 bits per heavy atom. The van der Waals surface area contributed by atoms with Gasteiger partial charge in [0.25, 0.3) is 0 Å². The Hall–Kier alpha value is -2.44. The van der Waals surface area contributed by atoms with E-state index in [0.29, 0.717) is 12.2 Å². The summed E-state index contributed by atoms with van der Waals surface area (Å²) in [7, 11) is 0. The van der Waals surface area contributed by atoms with E-state index in [1.807, 2.05) is 30.3 Å². The van der Waals surface area contributed by atoms with Crippen molar-refractivity contribution in [2.75, 3.05) is 18.5 Å². The lowest BCUT2D eigenvalue weighted by molar-refractivity contribution is -0.131. The van der Waals surface area contributed by atoms with Crippen LogP contribution in [-0.4, -0.2) is 35.0 Å². The van der Waals surface area contributed by atoms with E-state index in [1.165, 1.54) is 6.08 Å². The van der Waals surface area contributed by atoms with Crippen LogP contribution in [0.25, 0.3) is 0 Å². The minimum atomic E-state index is -0.301. The maximum atomic E-state index is 12.7. The number of carbonyl (C=O) groups is 2. The van der Waals surface area contributed by atoms with Gasteiger partial charge in [-0.1, -0.05) is 46.8 Å².